The van der Waals surface area contributed by atoms with Crippen molar-refractivity contribution in [3.63, 3.8) is 0 Å². The third kappa shape index (κ3) is 3.14. The first kappa shape index (κ1) is 14.9. The van der Waals surface area contributed by atoms with E-state index in [0.29, 0.717) is 11.3 Å². The van der Waals surface area contributed by atoms with Gasteiger partial charge in [-0.2, -0.15) is 5.26 Å². The van der Waals surface area contributed by atoms with Gasteiger partial charge in [-0.3, -0.25) is 0 Å². The Kier molecular flexibility index (Phi) is 4.45. The molecule has 2 aromatic carbocycles. The smallest absolute Gasteiger partial charge is 0.133 e. The highest BCUT2D eigenvalue weighted by atomic mass is 16.5. The molecule has 0 aliphatic rings. The third-order valence-corrected chi connectivity index (χ3v) is 3.61. The summed E-state index contributed by atoms with van der Waals surface area (Å²) in [6.45, 7) is 9.99. The normalized spacial score (nSPS) is 10.0. The molecule has 106 valence electrons. The molecule has 2 rings (SSSR count). The lowest BCUT2D eigenvalue weighted by Gasteiger charge is -2.15. The van der Waals surface area contributed by atoms with E-state index in [0.717, 1.165) is 28.9 Å². The van der Waals surface area contributed by atoms with Gasteiger partial charge in [-0.25, -0.2) is 0 Å². The zero-order valence-electron chi connectivity index (χ0n) is 12.7. The van der Waals surface area contributed by atoms with Crippen molar-refractivity contribution in [3.05, 3.63) is 64.7 Å². The third-order valence-electron chi connectivity index (χ3n) is 3.61. The molecular weight excluding hydrogens is 258 g/mol. The van der Waals surface area contributed by atoms with Crippen molar-refractivity contribution in [1.29, 1.82) is 5.26 Å². The summed E-state index contributed by atoms with van der Waals surface area (Å²) in [4.78, 5) is 0. The topological polar surface area (TPSA) is 33.0 Å². The predicted molar refractivity (Wildman–Crippen MR) is 86.6 cm³/mol. The second-order valence-corrected chi connectivity index (χ2v) is 5.06. The minimum Gasteiger partial charge on any atom is -0.457 e. The van der Waals surface area contributed by atoms with Gasteiger partial charge in [-0.1, -0.05) is 31.7 Å². The van der Waals surface area contributed by atoms with Gasteiger partial charge in [0, 0.05) is 0 Å². The van der Waals surface area contributed by atoms with Crippen LogP contribution >= 0.6 is 0 Å². The molecule has 0 aliphatic heterocycles. The van der Waals surface area contributed by atoms with Crippen molar-refractivity contribution in [2.75, 3.05) is 0 Å². The maximum Gasteiger partial charge on any atom is 0.133 e. The van der Waals surface area contributed by atoms with Crippen LogP contribution in [0.4, 0.5) is 0 Å². The van der Waals surface area contributed by atoms with E-state index in [1.54, 1.807) is 18.2 Å². The van der Waals surface area contributed by atoms with Gasteiger partial charge in [-0.05, 0) is 60.7 Å². The molecule has 0 spiro atoms. The average molecular weight is 277 g/mol. The van der Waals surface area contributed by atoms with E-state index in [9.17, 15) is 0 Å². The molecular formula is C19H19NO. The van der Waals surface area contributed by atoms with E-state index in [2.05, 4.69) is 38.6 Å². The molecule has 0 fully saturated rings. The zero-order chi connectivity index (χ0) is 15.4. The molecule has 0 amide bonds. The summed E-state index contributed by atoms with van der Waals surface area (Å²) in [5.41, 5.74) is 4.97. The van der Waals surface area contributed by atoms with Crippen LogP contribution in [0.1, 0.15) is 34.7 Å². The van der Waals surface area contributed by atoms with E-state index in [-0.39, 0.29) is 0 Å². The van der Waals surface area contributed by atoms with E-state index >= 15 is 0 Å². The number of ether oxygens (including phenoxy) is 1. The molecule has 0 aliphatic carbocycles. The largest absolute Gasteiger partial charge is 0.457 e. The Labute approximate surface area is 126 Å². The van der Waals surface area contributed by atoms with Gasteiger partial charge >= 0.3 is 0 Å². The summed E-state index contributed by atoms with van der Waals surface area (Å²) in [5, 5.41) is 9.10. The molecule has 2 aromatic rings. The summed E-state index contributed by atoms with van der Waals surface area (Å²) in [6, 6.07) is 11.8. The van der Waals surface area contributed by atoms with Crippen molar-refractivity contribution in [2.45, 2.75) is 27.2 Å². The molecule has 0 N–H and O–H groups in total. The van der Waals surface area contributed by atoms with Gasteiger partial charge in [0.15, 0.2) is 0 Å². The number of hydrogen-bond donors (Lipinski definition) is 0. The Morgan fingerprint density at radius 3 is 2.62 bits per heavy atom. The van der Waals surface area contributed by atoms with Crippen LogP contribution < -0.4 is 4.74 Å². The first-order chi connectivity index (χ1) is 10.1. The average Bonchev–Trinajstić information content (AvgIpc) is 2.51. The van der Waals surface area contributed by atoms with Crippen molar-refractivity contribution in [2.24, 2.45) is 0 Å². The molecule has 0 atom stereocenters. The van der Waals surface area contributed by atoms with Gasteiger partial charge in [-0.15, -0.1) is 0 Å². The predicted octanol–water partition coefficient (Wildman–Crippen LogP) is 5.17. The monoisotopic (exact) mass is 277 g/mol. The van der Waals surface area contributed by atoms with Crippen LogP contribution in [0.5, 0.6) is 11.5 Å². The number of benzene rings is 2. The van der Waals surface area contributed by atoms with Crippen LogP contribution in [0.3, 0.4) is 0 Å². The molecule has 2 heteroatoms. The van der Waals surface area contributed by atoms with Crippen LogP contribution in [-0.2, 0) is 6.42 Å². The number of hydrogen-bond acceptors (Lipinski definition) is 2. The molecule has 2 nitrogen and oxygen atoms in total. The number of rotatable bonds is 4. The Hall–Kier alpha value is -2.53. The highest BCUT2D eigenvalue weighted by Gasteiger charge is 2.10. The Bertz CT molecular complexity index is 723. The first-order valence-electron chi connectivity index (χ1n) is 7.03. The van der Waals surface area contributed by atoms with Crippen molar-refractivity contribution in [1.82, 2.24) is 0 Å². The van der Waals surface area contributed by atoms with Crippen LogP contribution in [0, 0.1) is 25.2 Å². The van der Waals surface area contributed by atoms with Crippen LogP contribution in [-0.4, -0.2) is 0 Å². The van der Waals surface area contributed by atoms with Gasteiger partial charge in [0.05, 0.1) is 11.6 Å². The molecule has 0 saturated heterocycles. The summed E-state index contributed by atoms with van der Waals surface area (Å²) < 4.78 is 6.07. The Morgan fingerprint density at radius 2 is 2.00 bits per heavy atom. The molecule has 21 heavy (non-hydrogen) atoms. The lowest BCUT2D eigenvalue weighted by Crippen LogP contribution is -1.96. The van der Waals surface area contributed by atoms with E-state index in [1.165, 1.54) is 5.56 Å². The number of aryl methyl sites for hydroxylation is 2. The van der Waals surface area contributed by atoms with E-state index < -0.39 is 0 Å². The molecule has 0 radical (unpaired) electrons. The molecule has 0 aromatic heterocycles. The molecule has 0 saturated carbocycles. The Balaban J connectivity index is 2.48. The lowest BCUT2D eigenvalue weighted by atomic mass is 10.0. The van der Waals surface area contributed by atoms with Gasteiger partial charge in [0.25, 0.3) is 0 Å². The first-order valence-corrected chi connectivity index (χ1v) is 7.03. The fraction of sp³-hybridized carbons (Fsp3) is 0.211. The van der Waals surface area contributed by atoms with Crippen LogP contribution in [0.15, 0.2) is 36.9 Å². The second kappa shape index (κ2) is 6.28. The van der Waals surface area contributed by atoms with Crippen LogP contribution in [0.2, 0.25) is 0 Å². The minimum absolute atomic E-state index is 0.573. The zero-order valence-corrected chi connectivity index (χ0v) is 12.7. The second-order valence-electron chi connectivity index (χ2n) is 5.06. The van der Waals surface area contributed by atoms with E-state index in [4.69, 9.17) is 10.00 Å². The van der Waals surface area contributed by atoms with Crippen LogP contribution in [0.25, 0.3) is 6.08 Å². The standard InChI is InChI=1S/C19H19NO/c1-5-15-9-16(12-20)11-18(10-15)21-19-13(3)7-8-17(6-2)14(19)4/h5,7-11H,1,6H2,2-4H3. The van der Waals surface area contributed by atoms with Gasteiger partial charge in [0.1, 0.15) is 11.5 Å². The SMILES string of the molecule is C=Cc1cc(C#N)cc(Oc2c(C)ccc(CC)c2C)c1. The molecule has 0 bridgehead atoms. The van der Waals surface area contributed by atoms with Crippen molar-refractivity contribution < 1.29 is 4.74 Å². The summed E-state index contributed by atoms with van der Waals surface area (Å²) in [7, 11) is 0. The fourth-order valence-corrected chi connectivity index (χ4v) is 2.39. The molecule has 0 unspecified atom stereocenters. The molecule has 0 heterocycles. The quantitative estimate of drug-likeness (QED) is 0.772. The van der Waals surface area contributed by atoms with E-state index in [1.807, 2.05) is 13.0 Å². The van der Waals surface area contributed by atoms with Gasteiger partial charge < -0.3 is 4.74 Å². The number of nitriles is 1. The summed E-state index contributed by atoms with van der Waals surface area (Å²) in [5.74, 6) is 1.54. The lowest BCUT2D eigenvalue weighted by molar-refractivity contribution is 0.474. The highest BCUT2D eigenvalue weighted by molar-refractivity contribution is 5.56. The summed E-state index contributed by atoms with van der Waals surface area (Å²) >= 11 is 0. The minimum atomic E-state index is 0.573. The van der Waals surface area contributed by atoms with Crippen molar-refractivity contribution in [3.8, 4) is 17.6 Å². The van der Waals surface area contributed by atoms with Gasteiger partial charge in [0.2, 0.25) is 0 Å². The van der Waals surface area contributed by atoms with Crippen molar-refractivity contribution >= 4 is 6.08 Å². The Morgan fingerprint density at radius 1 is 1.24 bits per heavy atom. The highest BCUT2D eigenvalue weighted by Crippen LogP contribution is 2.32. The number of nitrogens with zero attached hydrogens (tertiary/aromatic N) is 1. The fourth-order valence-electron chi connectivity index (χ4n) is 2.39. The maximum atomic E-state index is 9.10. The summed E-state index contributed by atoms with van der Waals surface area (Å²) in [6.07, 6.45) is 2.69. The maximum absolute atomic E-state index is 9.10.